The molecule has 0 radical (unpaired) electrons. The van der Waals surface area contributed by atoms with E-state index in [4.69, 9.17) is 5.73 Å². The van der Waals surface area contributed by atoms with Crippen LogP contribution in [0.15, 0.2) is 15.8 Å². The van der Waals surface area contributed by atoms with Gasteiger partial charge < -0.3 is 16.5 Å². The number of hydrogen-bond acceptors (Lipinski definition) is 8. The summed E-state index contributed by atoms with van der Waals surface area (Å²) in [5.41, 5.74) is 7.54. The Kier molecular flexibility index (Phi) is 4.94. The number of aryl methyl sites for hydroxylation is 1. The SMILES string of the molecule is CCCCNc1nc(N)nc(-n2cc(C)c(=O)n(NC)c2=O)n1. The van der Waals surface area contributed by atoms with Gasteiger partial charge in [-0.3, -0.25) is 4.79 Å². The van der Waals surface area contributed by atoms with E-state index in [9.17, 15) is 9.59 Å². The van der Waals surface area contributed by atoms with Crippen LogP contribution in [0.5, 0.6) is 0 Å². The fourth-order valence-corrected chi connectivity index (χ4v) is 1.96. The molecule has 0 fully saturated rings. The summed E-state index contributed by atoms with van der Waals surface area (Å²) < 4.78 is 2.02. The lowest BCUT2D eigenvalue weighted by atomic mass is 10.3. The third-order valence-corrected chi connectivity index (χ3v) is 3.15. The average Bonchev–Trinajstić information content (AvgIpc) is 2.51. The van der Waals surface area contributed by atoms with Crippen molar-refractivity contribution in [2.45, 2.75) is 26.7 Å². The van der Waals surface area contributed by atoms with E-state index >= 15 is 0 Å². The van der Waals surface area contributed by atoms with Gasteiger partial charge in [-0.05, 0) is 13.3 Å². The Morgan fingerprint density at radius 1 is 1.26 bits per heavy atom. The van der Waals surface area contributed by atoms with Crippen molar-refractivity contribution in [2.75, 3.05) is 30.1 Å². The third kappa shape index (κ3) is 3.47. The number of hydrogen-bond donors (Lipinski definition) is 3. The highest BCUT2D eigenvalue weighted by molar-refractivity contribution is 5.35. The number of anilines is 2. The molecule has 0 spiro atoms. The van der Waals surface area contributed by atoms with Gasteiger partial charge in [0.25, 0.3) is 5.56 Å². The van der Waals surface area contributed by atoms with E-state index in [1.54, 1.807) is 6.92 Å². The van der Waals surface area contributed by atoms with Crippen LogP contribution >= 0.6 is 0 Å². The zero-order valence-corrected chi connectivity index (χ0v) is 13.3. The number of nitrogens with two attached hydrogens (primary N) is 1. The van der Waals surface area contributed by atoms with Crippen molar-refractivity contribution < 1.29 is 0 Å². The van der Waals surface area contributed by atoms with Crippen LogP contribution in [0, 0.1) is 6.92 Å². The van der Waals surface area contributed by atoms with Gasteiger partial charge in [0.05, 0.1) is 0 Å². The minimum atomic E-state index is -0.617. The second kappa shape index (κ2) is 6.90. The average molecular weight is 320 g/mol. The number of aromatic nitrogens is 5. The Labute approximate surface area is 132 Å². The highest BCUT2D eigenvalue weighted by Gasteiger charge is 2.13. The van der Waals surface area contributed by atoms with Crippen molar-refractivity contribution in [3.63, 3.8) is 0 Å². The van der Waals surface area contributed by atoms with Gasteiger partial charge in [-0.2, -0.15) is 19.6 Å². The van der Waals surface area contributed by atoms with Gasteiger partial charge in [-0.15, -0.1) is 0 Å². The van der Waals surface area contributed by atoms with Crippen molar-refractivity contribution in [3.05, 3.63) is 32.6 Å². The van der Waals surface area contributed by atoms with Crippen molar-refractivity contribution >= 4 is 11.9 Å². The fourth-order valence-electron chi connectivity index (χ4n) is 1.96. The van der Waals surface area contributed by atoms with E-state index in [2.05, 4.69) is 32.6 Å². The maximum Gasteiger partial charge on any atom is 0.356 e. The van der Waals surface area contributed by atoms with E-state index in [0.717, 1.165) is 22.1 Å². The number of unbranched alkanes of at least 4 members (excludes halogenated alkanes) is 1. The van der Waals surface area contributed by atoms with Crippen molar-refractivity contribution in [1.29, 1.82) is 0 Å². The second-order valence-electron chi connectivity index (χ2n) is 4.93. The molecule has 10 nitrogen and oxygen atoms in total. The quantitative estimate of drug-likeness (QED) is 0.604. The Morgan fingerprint density at radius 3 is 2.65 bits per heavy atom. The molecule has 0 aromatic carbocycles. The normalized spacial score (nSPS) is 10.6. The van der Waals surface area contributed by atoms with Gasteiger partial charge >= 0.3 is 5.69 Å². The molecule has 2 heterocycles. The van der Waals surface area contributed by atoms with Crippen LogP contribution in [0.1, 0.15) is 25.3 Å². The lowest BCUT2D eigenvalue weighted by Gasteiger charge is -2.11. The van der Waals surface area contributed by atoms with E-state index in [-0.39, 0.29) is 17.8 Å². The molecular weight excluding hydrogens is 300 g/mol. The molecule has 0 saturated carbocycles. The van der Waals surface area contributed by atoms with Gasteiger partial charge in [-0.1, -0.05) is 13.3 Å². The molecule has 0 atom stereocenters. The van der Waals surface area contributed by atoms with Crippen molar-refractivity contribution in [1.82, 2.24) is 24.2 Å². The Bertz CT molecular complexity index is 811. The highest BCUT2D eigenvalue weighted by Crippen LogP contribution is 2.06. The number of nitrogens with zero attached hydrogens (tertiary/aromatic N) is 5. The zero-order chi connectivity index (χ0) is 17.0. The summed E-state index contributed by atoms with van der Waals surface area (Å²) in [6.07, 6.45) is 3.35. The maximum atomic E-state index is 12.4. The summed E-state index contributed by atoms with van der Waals surface area (Å²) in [5, 5.41) is 3.03. The lowest BCUT2D eigenvalue weighted by Crippen LogP contribution is -2.44. The molecule has 0 saturated heterocycles. The molecule has 0 unspecified atom stereocenters. The van der Waals surface area contributed by atoms with Gasteiger partial charge in [-0.25, -0.2) is 9.36 Å². The first-order valence-corrected chi connectivity index (χ1v) is 7.26. The molecule has 2 rings (SSSR count). The van der Waals surface area contributed by atoms with Crippen LogP contribution in [0.25, 0.3) is 5.95 Å². The van der Waals surface area contributed by atoms with E-state index in [1.807, 2.05) is 0 Å². The molecule has 4 N–H and O–H groups in total. The fraction of sp³-hybridized carbons (Fsp3) is 0.462. The summed E-state index contributed by atoms with van der Waals surface area (Å²) in [5.74, 6) is 0.321. The first-order chi connectivity index (χ1) is 11.0. The van der Waals surface area contributed by atoms with Gasteiger partial charge in [0.15, 0.2) is 0 Å². The zero-order valence-electron chi connectivity index (χ0n) is 13.3. The van der Waals surface area contributed by atoms with Gasteiger partial charge in [0, 0.05) is 25.4 Å². The highest BCUT2D eigenvalue weighted by atomic mass is 16.2. The summed E-state index contributed by atoms with van der Waals surface area (Å²) >= 11 is 0. The molecule has 23 heavy (non-hydrogen) atoms. The number of nitrogens with one attached hydrogen (secondary N) is 2. The number of nitrogen functional groups attached to an aromatic ring is 1. The topological polar surface area (TPSA) is 133 Å². The van der Waals surface area contributed by atoms with Gasteiger partial charge in [0.1, 0.15) is 0 Å². The molecule has 124 valence electrons. The smallest absolute Gasteiger partial charge is 0.356 e. The first-order valence-electron chi connectivity index (χ1n) is 7.26. The molecule has 0 aliphatic rings. The van der Waals surface area contributed by atoms with Crippen LogP contribution in [-0.4, -0.2) is 37.8 Å². The van der Waals surface area contributed by atoms with E-state index < -0.39 is 11.2 Å². The second-order valence-corrected chi connectivity index (χ2v) is 4.93. The molecule has 2 aromatic heterocycles. The third-order valence-electron chi connectivity index (χ3n) is 3.15. The number of rotatable bonds is 6. The first kappa shape index (κ1) is 16.5. The monoisotopic (exact) mass is 320 g/mol. The van der Waals surface area contributed by atoms with Crippen LogP contribution in [0.2, 0.25) is 0 Å². The lowest BCUT2D eigenvalue weighted by molar-refractivity contribution is 0.708. The Morgan fingerprint density at radius 2 is 2.00 bits per heavy atom. The molecule has 0 amide bonds. The van der Waals surface area contributed by atoms with Crippen LogP contribution in [-0.2, 0) is 0 Å². The standard InChI is InChI=1S/C13H20N8O2/c1-4-5-6-16-11-17-10(14)18-12(19-11)20-7-8(2)9(22)21(15-3)13(20)23/h7,15H,4-6H2,1-3H3,(H3,14,16,17,18,19). The van der Waals surface area contributed by atoms with Gasteiger partial charge in [0.2, 0.25) is 17.8 Å². The minimum Gasteiger partial charge on any atom is -0.368 e. The largest absolute Gasteiger partial charge is 0.368 e. The summed E-state index contributed by atoms with van der Waals surface area (Å²) in [6, 6.07) is 0. The van der Waals surface area contributed by atoms with Crippen molar-refractivity contribution in [2.24, 2.45) is 0 Å². The van der Waals surface area contributed by atoms with Crippen LogP contribution < -0.4 is 27.7 Å². The molecule has 10 heteroatoms. The molecular formula is C13H20N8O2. The predicted molar refractivity (Wildman–Crippen MR) is 87.5 cm³/mol. The van der Waals surface area contributed by atoms with E-state index in [1.165, 1.54) is 13.2 Å². The summed E-state index contributed by atoms with van der Waals surface area (Å²) in [6.45, 7) is 4.35. The molecule has 0 bridgehead atoms. The van der Waals surface area contributed by atoms with E-state index in [0.29, 0.717) is 12.1 Å². The summed E-state index contributed by atoms with van der Waals surface area (Å²) in [7, 11) is 1.48. The Balaban J connectivity index is 2.52. The van der Waals surface area contributed by atoms with Crippen molar-refractivity contribution in [3.8, 4) is 5.95 Å². The maximum absolute atomic E-state index is 12.4. The molecule has 2 aromatic rings. The minimum absolute atomic E-state index is 0.0132. The molecule has 0 aliphatic heterocycles. The predicted octanol–water partition coefficient (Wildman–Crippen LogP) is -0.540. The Hall–Kier alpha value is -2.91. The van der Waals surface area contributed by atoms with Crippen LogP contribution in [0.4, 0.5) is 11.9 Å². The molecule has 0 aliphatic carbocycles. The summed E-state index contributed by atoms with van der Waals surface area (Å²) in [4.78, 5) is 36.4. The van der Waals surface area contributed by atoms with Crippen LogP contribution in [0.3, 0.4) is 0 Å².